The summed E-state index contributed by atoms with van der Waals surface area (Å²) < 4.78 is 5.53. The molecule has 30 heavy (non-hydrogen) atoms. The molecule has 0 aliphatic heterocycles. The van der Waals surface area contributed by atoms with Gasteiger partial charge < -0.3 is 19.5 Å². The topological polar surface area (TPSA) is 65.6 Å². The molecule has 1 N–H and O–H groups in total. The lowest BCUT2D eigenvalue weighted by Crippen LogP contribution is -2.46. The van der Waals surface area contributed by atoms with Crippen molar-refractivity contribution < 1.29 is 9.53 Å². The number of pyridine rings is 1. The number of anilines is 1. The first kappa shape index (κ1) is 21.9. The molecule has 0 radical (unpaired) electrons. The van der Waals surface area contributed by atoms with E-state index in [9.17, 15) is 9.59 Å². The van der Waals surface area contributed by atoms with Crippen molar-refractivity contribution in [3.05, 3.63) is 64.6 Å². The minimum atomic E-state index is -0.491. The maximum Gasteiger partial charge on any atom is 0.410 e. The van der Waals surface area contributed by atoms with Gasteiger partial charge in [-0.2, -0.15) is 0 Å². The molecule has 162 valence electrons. The van der Waals surface area contributed by atoms with Crippen LogP contribution in [0.1, 0.15) is 52.0 Å². The number of amides is 1. The Kier molecular flexibility index (Phi) is 6.85. The Morgan fingerprint density at radius 2 is 1.70 bits per heavy atom. The molecular formula is C24H33N3O3. The molecule has 1 fully saturated rings. The summed E-state index contributed by atoms with van der Waals surface area (Å²) in [6, 6.07) is 14.4. The second-order valence-corrected chi connectivity index (χ2v) is 9.08. The van der Waals surface area contributed by atoms with E-state index < -0.39 is 5.60 Å². The fraction of sp³-hybridized carbons (Fsp3) is 0.500. The van der Waals surface area contributed by atoms with E-state index in [1.165, 1.54) is 5.56 Å². The molecule has 6 heteroatoms. The molecule has 0 spiro atoms. The highest BCUT2D eigenvalue weighted by Gasteiger charge is 2.31. The van der Waals surface area contributed by atoms with Gasteiger partial charge in [0.25, 0.3) is 0 Å². The van der Waals surface area contributed by atoms with E-state index in [0.717, 1.165) is 37.9 Å². The van der Waals surface area contributed by atoms with Gasteiger partial charge in [-0.15, -0.1) is 0 Å². The predicted molar refractivity (Wildman–Crippen MR) is 120 cm³/mol. The van der Waals surface area contributed by atoms with Gasteiger partial charge >= 0.3 is 6.09 Å². The van der Waals surface area contributed by atoms with E-state index in [4.69, 9.17) is 4.74 Å². The van der Waals surface area contributed by atoms with Crippen molar-refractivity contribution in [1.82, 2.24) is 9.88 Å². The van der Waals surface area contributed by atoms with Crippen molar-refractivity contribution in [2.45, 2.75) is 70.7 Å². The van der Waals surface area contributed by atoms with E-state index >= 15 is 0 Å². The van der Waals surface area contributed by atoms with Crippen LogP contribution in [0.3, 0.4) is 0 Å². The smallest absolute Gasteiger partial charge is 0.410 e. The third-order valence-electron chi connectivity index (χ3n) is 5.62. The Bertz CT molecular complexity index is 880. The van der Waals surface area contributed by atoms with E-state index in [-0.39, 0.29) is 17.7 Å². The summed E-state index contributed by atoms with van der Waals surface area (Å²) in [4.78, 5) is 31.1. The summed E-state index contributed by atoms with van der Waals surface area (Å²) in [5.41, 5.74) is 1.57. The number of carbonyl (C=O) groups excluding carboxylic acids is 1. The first-order valence-electron chi connectivity index (χ1n) is 10.7. The van der Waals surface area contributed by atoms with Crippen LogP contribution >= 0.6 is 0 Å². The molecule has 1 aliphatic rings. The fourth-order valence-corrected chi connectivity index (χ4v) is 4.06. The molecule has 0 bridgehead atoms. The Morgan fingerprint density at radius 3 is 2.30 bits per heavy atom. The van der Waals surface area contributed by atoms with Crippen LogP contribution in [0.15, 0.2) is 53.5 Å². The monoisotopic (exact) mass is 411 g/mol. The van der Waals surface area contributed by atoms with E-state index in [1.54, 1.807) is 17.2 Å². The van der Waals surface area contributed by atoms with Crippen LogP contribution in [0.4, 0.5) is 10.5 Å². The van der Waals surface area contributed by atoms with Gasteiger partial charge in [-0.1, -0.05) is 30.3 Å². The molecule has 1 heterocycles. The zero-order valence-corrected chi connectivity index (χ0v) is 18.4. The number of H-pyrrole nitrogens is 1. The number of benzene rings is 1. The maximum absolute atomic E-state index is 12.4. The number of hydrogen-bond donors (Lipinski definition) is 1. The van der Waals surface area contributed by atoms with Gasteiger partial charge in [0.2, 0.25) is 5.56 Å². The van der Waals surface area contributed by atoms with Crippen LogP contribution in [0.5, 0.6) is 0 Å². The quantitative estimate of drug-likeness (QED) is 0.783. The molecule has 1 saturated carbocycles. The third kappa shape index (κ3) is 5.88. The molecule has 1 aliphatic carbocycles. The normalized spacial score (nSPS) is 19.2. The van der Waals surface area contributed by atoms with Crippen molar-refractivity contribution >= 4 is 11.8 Å². The summed E-state index contributed by atoms with van der Waals surface area (Å²) in [5, 5.41) is 0. The number of aromatic amines is 1. The van der Waals surface area contributed by atoms with Crippen LogP contribution in [-0.4, -0.2) is 40.7 Å². The molecule has 1 aromatic carbocycles. The van der Waals surface area contributed by atoms with Crippen molar-refractivity contribution in [3.63, 3.8) is 0 Å². The Hall–Kier alpha value is -2.76. The average molecular weight is 412 g/mol. The first-order chi connectivity index (χ1) is 14.2. The Labute approximate surface area is 178 Å². The number of carbonyl (C=O) groups is 1. The number of aromatic nitrogens is 1. The average Bonchev–Trinajstić information content (AvgIpc) is 2.71. The zero-order valence-electron chi connectivity index (χ0n) is 18.4. The SMILES string of the molecule is CN(C(=O)OC(C)(C)C)C1CCC(N(Cc2ccccc2)c2cc[nH]c(=O)c2)CC1. The fourth-order valence-electron chi connectivity index (χ4n) is 4.06. The van der Waals surface area contributed by atoms with E-state index in [0.29, 0.717) is 6.04 Å². The lowest BCUT2D eigenvalue weighted by molar-refractivity contribution is 0.0183. The van der Waals surface area contributed by atoms with E-state index in [1.807, 2.05) is 52.1 Å². The largest absolute Gasteiger partial charge is 0.444 e. The lowest BCUT2D eigenvalue weighted by Gasteiger charge is -2.41. The van der Waals surface area contributed by atoms with Crippen LogP contribution in [-0.2, 0) is 11.3 Å². The van der Waals surface area contributed by atoms with Gasteiger partial charge in [-0.25, -0.2) is 4.79 Å². The summed E-state index contributed by atoms with van der Waals surface area (Å²) in [6.07, 6.45) is 5.18. The van der Waals surface area contributed by atoms with Gasteiger partial charge in [-0.3, -0.25) is 4.79 Å². The Balaban J connectivity index is 1.70. The number of nitrogens with one attached hydrogen (secondary N) is 1. The predicted octanol–water partition coefficient (Wildman–Crippen LogP) is 4.56. The molecule has 1 aromatic heterocycles. The number of rotatable bonds is 5. The van der Waals surface area contributed by atoms with Gasteiger partial charge in [-0.05, 0) is 58.1 Å². The van der Waals surface area contributed by atoms with Gasteiger partial charge in [0.15, 0.2) is 0 Å². The molecule has 1 amide bonds. The first-order valence-corrected chi connectivity index (χ1v) is 10.7. The Morgan fingerprint density at radius 1 is 1.07 bits per heavy atom. The van der Waals surface area contributed by atoms with Crippen molar-refractivity contribution in [2.24, 2.45) is 0 Å². The summed E-state index contributed by atoms with van der Waals surface area (Å²) in [6.45, 7) is 6.41. The van der Waals surface area contributed by atoms with Crippen molar-refractivity contribution in [1.29, 1.82) is 0 Å². The highest BCUT2D eigenvalue weighted by Crippen LogP contribution is 2.30. The van der Waals surface area contributed by atoms with Gasteiger partial charge in [0.1, 0.15) is 5.60 Å². The second-order valence-electron chi connectivity index (χ2n) is 9.08. The lowest BCUT2D eigenvalue weighted by atomic mass is 9.89. The van der Waals surface area contributed by atoms with E-state index in [2.05, 4.69) is 22.0 Å². The molecule has 0 unspecified atom stereocenters. The van der Waals surface area contributed by atoms with Crippen LogP contribution in [0, 0.1) is 0 Å². The molecule has 6 nitrogen and oxygen atoms in total. The summed E-state index contributed by atoms with van der Waals surface area (Å²) >= 11 is 0. The third-order valence-corrected chi connectivity index (χ3v) is 5.62. The van der Waals surface area contributed by atoms with Crippen molar-refractivity contribution in [2.75, 3.05) is 11.9 Å². The van der Waals surface area contributed by atoms with Crippen LogP contribution in [0.25, 0.3) is 0 Å². The molecule has 3 rings (SSSR count). The minimum Gasteiger partial charge on any atom is -0.444 e. The summed E-state index contributed by atoms with van der Waals surface area (Å²) in [7, 11) is 1.83. The zero-order chi connectivity index (χ0) is 21.7. The number of ether oxygens (including phenoxy) is 1. The minimum absolute atomic E-state index is 0.0936. The standard InChI is InChI=1S/C24H33N3O3/c1-24(2,3)30-23(29)26(4)19-10-12-20(13-11-19)27(17-18-8-6-5-7-9-18)21-14-15-25-22(28)16-21/h5-9,14-16,19-20H,10-13,17H2,1-4H3,(H,25,28). The number of hydrogen-bond acceptors (Lipinski definition) is 4. The molecule has 0 saturated heterocycles. The molecule has 2 aromatic rings. The van der Waals surface area contributed by atoms with Crippen LogP contribution in [0.2, 0.25) is 0 Å². The van der Waals surface area contributed by atoms with Crippen molar-refractivity contribution in [3.8, 4) is 0 Å². The molecular weight excluding hydrogens is 378 g/mol. The summed E-state index contributed by atoms with van der Waals surface area (Å²) in [5.74, 6) is 0. The van der Waals surface area contributed by atoms with Gasteiger partial charge in [0, 0.05) is 43.6 Å². The van der Waals surface area contributed by atoms with Gasteiger partial charge in [0.05, 0.1) is 0 Å². The highest BCUT2D eigenvalue weighted by atomic mass is 16.6. The highest BCUT2D eigenvalue weighted by molar-refractivity contribution is 5.68. The molecule has 0 atom stereocenters. The number of nitrogens with zero attached hydrogens (tertiary/aromatic N) is 2. The second kappa shape index (κ2) is 9.37. The van der Waals surface area contributed by atoms with Crippen LogP contribution < -0.4 is 10.5 Å². The maximum atomic E-state index is 12.4.